The van der Waals surface area contributed by atoms with E-state index in [-0.39, 0.29) is 18.0 Å². The van der Waals surface area contributed by atoms with Crippen LogP contribution in [0.5, 0.6) is 0 Å². The third-order valence-electron chi connectivity index (χ3n) is 2.99. The van der Waals surface area contributed by atoms with Crippen molar-refractivity contribution in [1.82, 2.24) is 9.80 Å². The Hall–Kier alpha value is -1.14. The lowest BCUT2D eigenvalue weighted by Crippen LogP contribution is -2.54. The van der Waals surface area contributed by atoms with Gasteiger partial charge < -0.3 is 9.47 Å². The predicted octanol–water partition coefficient (Wildman–Crippen LogP) is -0.661. The summed E-state index contributed by atoms with van der Waals surface area (Å²) in [6.45, 7) is 4.93. The van der Waals surface area contributed by atoms with E-state index in [0.29, 0.717) is 13.1 Å². The highest BCUT2D eigenvalue weighted by Crippen LogP contribution is 2.09. The van der Waals surface area contributed by atoms with Crippen LogP contribution in [0.2, 0.25) is 0 Å². The first-order valence-corrected chi connectivity index (χ1v) is 5.67. The van der Waals surface area contributed by atoms with Crippen molar-refractivity contribution in [3.63, 3.8) is 0 Å². The van der Waals surface area contributed by atoms with Gasteiger partial charge in [-0.2, -0.15) is 0 Å². The molecule has 0 radical (unpaired) electrons. The van der Waals surface area contributed by atoms with Crippen LogP contribution >= 0.6 is 0 Å². The van der Waals surface area contributed by atoms with E-state index in [9.17, 15) is 9.59 Å². The molecule has 1 saturated heterocycles. The number of carbonyl (C=O) groups excluding carboxylic acids is 2. The molecule has 1 unspecified atom stereocenters. The number of esters is 2. The Morgan fingerprint density at radius 2 is 1.71 bits per heavy atom. The summed E-state index contributed by atoms with van der Waals surface area (Å²) in [5.74, 6) is -0.447. The van der Waals surface area contributed by atoms with Crippen LogP contribution in [0.25, 0.3) is 0 Å². The zero-order valence-corrected chi connectivity index (χ0v) is 10.6. The molecule has 0 aliphatic carbocycles. The van der Waals surface area contributed by atoms with Gasteiger partial charge in [0.1, 0.15) is 0 Å². The van der Waals surface area contributed by atoms with Crippen LogP contribution in [0.15, 0.2) is 0 Å². The number of rotatable bonds is 4. The van der Waals surface area contributed by atoms with Gasteiger partial charge in [-0.05, 0) is 6.92 Å². The van der Waals surface area contributed by atoms with E-state index in [2.05, 4.69) is 14.4 Å². The second-order valence-electron chi connectivity index (χ2n) is 4.21. The number of hydrogen-bond donors (Lipinski definition) is 0. The molecular formula is C11H20N2O4. The van der Waals surface area contributed by atoms with E-state index in [1.165, 1.54) is 14.2 Å². The van der Waals surface area contributed by atoms with E-state index >= 15 is 0 Å². The van der Waals surface area contributed by atoms with Gasteiger partial charge in [-0.3, -0.25) is 19.4 Å². The lowest BCUT2D eigenvalue weighted by molar-refractivity contribution is -0.145. The molecule has 1 aliphatic heterocycles. The van der Waals surface area contributed by atoms with Gasteiger partial charge in [-0.1, -0.05) is 0 Å². The Labute approximate surface area is 101 Å². The van der Waals surface area contributed by atoms with Crippen LogP contribution in [-0.2, 0) is 19.1 Å². The average Bonchev–Trinajstić information content (AvgIpc) is 2.32. The Morgan fingerprint density at radius 3 is 2.24 bits per heavy atom. The van der Waals surface area contributed by atoms with Crippen molar-refractivity contribution in [2.45, 2.75) is 13.0 Å². The Morgan fingerprint density at radius 1 is 1.12 bits per heavy atom. The number of hydrogen-bond acceptors (Lipinski definition) is 6. The monoisotopic (exact) mass is 244 g/mol. The highest BCUT2D eigenvalue weighted by Gasteiger charge is 2.26. The van der Waals surface area contributed by atoms with Gasteiger partial charge in [-0.15, -0.1) is 0 Å². The number of methoxy groups -OCH3 is 2. The van der Waals surface area contributed by atoms with Gasteiger partial charge in [-0.25, -0.2) is 0 Å². The molecule has 1 atom stereocenters. The minimum absolute atomic E-state index is 0.224. The molecule has 1 heterocycles. The summed E-state index contributed by atoms with van der Waals surface area (Å²) in [5.41, 5.74) is 0. The van der Waals surface area contributed by atoms with Crippen LogP contribution in [0.1, 0.15) is 6.92 Å². The second-order valence-corrected chi connectivity index (χ2v) is 4.21. The summed E-state index contributed by atoms with van der Waals surface area (Å²) < 4.78 is 9.27. The predicted molar refractivity (Wildman–Crippen MR) is 61.5 cm³/mol. The van der Waals surface area contributed by atoms with Crippen molar-refractivity contribution in [3.8, 4) is 0 Å². The third kappa shape index (κ3) is 4.32. The van der Waals surface area contributed by atoms with Crippen molar-refractivity contribution in [2.24, 2.45) is 0 Å². The van der Waals surface area contributed by atoms with Gasteiger partial charge in [0.05, 0.1) is 27.3 Å². The van der Waals surface area contributed by atoms with E-state index in [1.54, 1.807) is 0 Å². The van der Waals surface area contributed by atoms with Crippen molar-refractivity contribution in [3.05, 3.63) is 0 Å². The maximum absolute atomic E-state index is 11.2. The quantitative estimate of drug-likeness (QED) is 0.612. The maximum atomic E-state index is 11.2. The van der Waals surface area contributed by atoms with Crippen LogP contribution in [0, 0.1) is 0 Å². The lowest BCUT2D eigenvalue weighted by atomic mass is 10.2. The molecule has 17 heavy (non-hydrogen) atoms. The Balaban J connectivity index is 2.38. The summed E-state index contributed by atoms with van der Waals surface area (Å²) in [6.07, 6.45) is 0. The fourth-order valence-electron chi connectivity index (χ4n) is 1.93. The summed E-state index contributed by atoms with van der Waals surface area (Å²) in [7, 11) is 2.78. The number of carbonyl (C=O) groups is 2. The van der Waals surface area contributed by atoms with Crippen LogP contribution in [0.4, 0.5) is 0 Å². The fraction of sp³-hybridized carbons (Fsp3) is 0.818. The molecule has 0 aromatic rings. The molecule has 1 aliphatic rings. The van der Waals surface area contributed by atoms with Crippen molar-refractivity contribution < 1.29 is 19.1 Å². The van der Waals surface area contributed by atoms with Crippen LogP contribution in [-0.4, -0.2) is 74.7 Å². The van der Waals surface area contributed by atoms with E-state index in [1.807, 2.05) is 11.8 Å². The standard InChI is InChI=1S/C11H20N2O4/c1-9-6-12(7-10(14)16-2)4-5-13(9)8-11(15)17-3/h9H,4-8H2,1-3H3. The number of piperazine rings is 1. The molecule has 0 saturated carbocycles. The molecule has 0 aromatic carbocycles. The van der Waals surface area contributed by atoms with Crippen molar-refractivity contribution in [1.29, 1.82) is 0 Å². The van der Waals surface area contributed by atoms with Gasteiger partial charge in [0.15, 0.2) is 0 Å². The first kappa shape index (κ1) is 13.9. The van der Waals surface area contributed by atoms with E-state index in [0.717, 1.165) is 19.6 Å². The number of nitrogens with zero attached hydrogens (tertiary/aromatic N) is 2. The molecule has 1 fully saturated rings. The van der Waals surface area contributed by atoms with Gasteiger partial charge in [0.2, 0.25) is 0 Å². The second kappa shape index (κ2) is 6.56. The lowest BCUT2D eigenvalue weighted by Gasteiger charge is -2.38. The molecule has 0 amide bonds. The fourth-order valence-corrected chi connectivity index (χ4v) is 1.93. The summed E-state index contributed by atoms with van der Waals surface area (Å²) in [5, 5.41) is 0. The smallest absolute Gasteiger partial charge is 0.319 e. The minimum Gasteiger partial charge on any atom is -0.468 e. The molecular weight excluding hydrogens is 224 g/mol. The molecule has 0 bridgehead atoms. The maximum Gasteiger partial charge on any atom is 0.319 e. The largest absolute Gasteiger partial charge is 0.468 e. The van der Waals surface area contributed by atoms with E-state index in [4.69, 9.17) is 0 Å². The van der Waals surface area contributed by atoms with Crippen LogP contribution in [0.3, 0.4) is 0 Å². The normalized spacial score (nSPS) is 22.2. The van der Waals surface area contributed by atoms with E-state index < -0.39 is 0 Å². The third-order valence-corrected chi connectivity index (χ3v) is 2.99. The highest BCUT2D eigenvalue weighted by atomic mass is 16.5. The molecule has 98 valence electrons. The topological polar surface area (TPSA) is 59.1 Å². The number of ether oxygens (including phenoxy) is 2. The average molecular weight is 244 g/mol. The van der Waals surface area contributed by atoms with Crippen LogP contribution < -0.4 is 0 Å². The molecule has 0 aromatic heterocycles. The molecule has 6 nitrogen and oxygen atoms in total. The van der Waals surface area contributed by atoms with Crippen molar-refractivity contribution >= 4 is 11.9 Å². The SMILES string of the molecule is COC(=O)CN1CCN(CC(=O)OC)C(C)C1. The molecule has 1 rings (SSSR count). The molecule has 6 heteroatoms. The zero-order valence-electron chi connectivity index (χ0n) is 10.6. The zero-order chi connectivity index (χ0) is 12.8. The Kier molecular flexibility index (Phi) is 5.37. The molecule has 0 N–H and O–H groups in total. The minimum atomic E-state index is -0.224. The summed E-state index contributed by atoms with van der Waals surface area (Å²) in [6, 6.07) is 0.229. The summed E-state index contributed by atoms with van der Waals surface area (Å²) in [4.78, 5) is 26.4. The van der Waals surface area contributed by atoms with Crippen molar-refractivity contribution in [2.75, 3.05) is 46.9 Å². The Bertz CT molecular complexity index is 283. The first-order valence-electron chi connectivity index (χ1n) is 5.67. The first-order chi connectivity index (χ1) is 8.06. The summed E-state index contributed by atoms with van der Waals surface area (Å²) >= 11 is 0. The van der Waals surface area contributed by atoms with Gasteiger partial charge in [0, 0.05) is 25.7 Å². The van der Waals surface area contributed by atoms with Gasteiger partial charge in [0.25, 0.3) is 0 Å². The van der Waals surface area contributed by atoms with Gasteiger partial charge >= 0.3 is 11.9 Å². The molecule has 0 spiro atoms. The highest BCUT2D eigenvalue weighted by molar-refractivity contribution is 5.72.